The lowest BCUT2D eigenvalue weighted by Crippen LogP contribution is -2.36. The highest BCUT2D eigenvalue weighted by Crippen LogP contribution is 2.28. The summed E-state index contributed by atoms with van der Waals surface area (Å²) in [7, 11) is -0.0374. The van der Waals surface area contributed by atoms with Crippen molar-refractivity contribution in [1.29, 1.82) is 0 Å². The lowest BCUT2D eigenvalue weighted by Gasteiger charge is -2.13. The Morgan fingerprint density at radius 3 is 2.57 bits per heavy atom. The zero-order valence-corrected chi connectivity index (χ0v) is 15.0. The van der Waals surface area contributed by atoms with Gasteiger partial charge in [0.2, 0.25) is 0 Å². The van der Waals surface area contributed by atoms with Crippen molar-refractivity contribution >= 4 is 52.4 Å². The van der Waals surface area contributed by atoms with Gasteiger partial charge in [-0.1, -0.05) is 0 Å². The van der Waals surface area contributed by atoms with Gasteiger partial charge in [0.15, 0.2) is 0 Å². The molecule has 2 unspecified atom stereocenters. The van der Waals surface area contributed by atoms with Crippen LogP contribution < -0.4 is 5.32 Å². The first kappa shape index (κ1) is 18.5. The summed E-state index contributed by atoms with van der Waals surface area (Å²) in [5.74, 6) is -1.50. The van der Waals surface area contributed by atoms with Gasteiger partial charge in [-0.3, -0.25) is 9.00 Å². The molecule has 5 nitrogen and oxygen atoms in total. The summed E-state index contributed by atoms with van der Waals surface area (Å²) in [4.78, 5) is 11.5. The van der Waals surface area contributed by atoms with Crippen LogP contribution in [0.1, 0.15) is 17.3 Å². The molecule has 0 heterocycles. The van der Waals surface area contributed by atoms with Gasteiger partial charge < -0.3 is 5.32 Å². The van der Waals surface area contributed by atoms with Crippen LogP contribution in [0.2, 0.25) is 0 Å². The summed E-state index contributed by atoms with van der Waals surface area (Å²) in [6.07, 6.45) is 1.47. The Balaban J connectivity index is 3.13. The molecular formula is C11H12BrClFNO4S2. The molecule has 0 aliphatic rings. The predicted octanol–water partition coefficient (Wildman–Crippen LogP) is 2.01. The monoisotopic (exact) mass is 419 g/mol. The average Bonchev–Trinajstić information content (AvgIpc) is 2.24. The van der Waals surface area contributed by atoms with Gasteiger partial charge in [-0.15, -0.1) is 0 Å². The highest BCUT2D eigenvalue weighted by atomic mass is 79.9. The maximum Gasteiger partial charge on any atom is 0.262 e. The molecule has 118 valence electrons. The molecule has 0 saturated heterocycles. The third-order valence-corrected chi connectivity index (χ3v) is 5.64. The van der Waals surface area contributed by atoms with Crippen molar-refractivity contribution in [1.82, 2.24) is 5.32 Å². The number of carbonyl (C=O) groups excluding carboxylic acids is 1. The van der Waals surface area contributed by atoms with Crippen molar-refractivity contribution in [2.75, 3.05) is 12.0 Å². The zero-order valence-electron chi connectivity index (χ0n) is 11.0. The largest absolute Gasteiger partial charge is 0.349 e. The Labute approximate surface area is 137 Å². The van der Waals surface area contributed by atoms with Gasteiger partial charge in [0, 0.05) is 44.0 Å². The van der Waals surface area contributed by atoms with Crippen LogP contribution >= 0.6 is 26.6 Å². The van der Waals surface area contributed by atoms with Gasteiger partial charge in [0.05, 0.1) is 10.5 Å². The SMILES string of the molecule is CC(CS(C)=O)NC(=O)c1cc(S(=O)(=O)Cl)c(Br)cc1F. The molecule has 0 aromatic heterocycles. The summed E-state index contributed by atoms with van der Waals surface area (Å²) < 4.78 is 47.5. The van der Waals surface area contributed by atoms with Crippen molar-refractivity contribution in [3.63, 3.8) is 0 Å². The summed E-state index contributed by atoms with van der Waals surface area (Å²) in [5, 5.41) is 2.44. The Morgan fingerprint density at radius 1 is 1.52 bits per heavy atom. The Morgan fingerprint density at radius 2 is 2.10 bits per heavy atom. The molecule has 0 radical (unpaired) electrons. The van der Waals surface area contributed by atoms with Crippen molar-refractivity contribution in [2.24, 2.45) is 0 Å². The molecule has 0 bridgehead atoms. The molecule has 1 rings (SSSR count). The van der Waals surface area contributed by atoms with E-state index in [1.54, 1.807) is 6.92 Å². The van der Waals surface area contributed by atoms with Gasteiger partial charge in [0.25, 0.3) is 15.0 Å². The van der Waals surface area contributed by atoms with Gasteiger partial charge >= 0.3 is 0 Å². The van der Waals surface area contributed by atoms with E-state index in [1.165, 1.54) is 6.26 Å². The smallest absolute Gasteiger partial charge is 0.262 e. The van der Waals surface area contributed by atoms with Crippen LogP contribution in [-0.4, -0.2) is 36.6 Å². The first-order valence-corrected chi connectivity index (χ1v) is 10.4. The Kier molecular flexibility index (Phi) is 6.33. The first-order valence-electron chi connectivity index (χ1n) is 5.57. The van der Waals surface area contributed by atoms with Gasteiger partial charge in [0.1, 0.15) is 5.82 Å². The zero-order chi connectivity index (χ0) is 16.4. The molecule has 1 N–H and O–H groups in total. The predicted molar refractivity (Wildman–Crippen MR) is 83.0 cm³/mol. The van der Waals surface area contributed by atoms with E-state index in [1.807, 2.05) is 0 Å². The number of nitrogens with one attached hydrogen (secondary N) is 1. The molecule has 2 atom stereocenters. The number of amides is 1. The molecule has 21 heavy (non-hydrogen) atoms. The minimum atomic E-state index is -4.12. The topological polar surface area (TPSA) is 80.3 Å². The van der Waals surface area contributed by atoms with E-state index in [0.29, 0.717) is 0 Å². The summed E-state index contributed by atoms with van der Waals surface area (Å²) >= 11 is 2.87. The second-order valence-electron chi connectivity index (χ2n) is 4.31. The molecule has 10 heteroatoms. The number of hydrogen-bond donors (Lipinski definition) is 1. The van der Waals surface area contributed by atoms with E-state index >= 15 is 0 Å². The van der Waals surface area contributed by atoms with Gasteiger partial charge in [-0.05, 0) is 35.0 Å². The number of rotatable bonds is 5. The number of benzene rings is 1. The fraction of sp³-hybridized carbons (Fsp3) is 0.364. The van der Waals surface area contributed by atoms with Crippen LogP contribution in [0.5, 0.6) is 0 Å². The highest BCUT2D eigenvalue weighted by Gasteiger charge is 2.22. The summed E-state index contributed by atoms with van der Waals surface area (Å²) in [5.41, 5.74) is -0.453. The van der Waals surface area contributed by atoms with Crippen LogP contribution in [0.4, 0.5) is 4.39 Å². The van der Waals surface area contributed by atoms with Crippen LogP contribution in [0.15, 0.2) is 21.5 Å². The molecule has 1 amide bonds. The number of hydrogen-bond acceptors (Lipinski definition) is 4. The summed E-state index contributed by atoms with van der Waals surface area (Å²) in [6.45, 7) is 1.61. The van der Waals surface area contributed by atoms with Crippen LogP contribution in [0.25, 0.3) is 0 Å². The van der Waals surface area contributed by atoms with Crippen molar-refractivity contribution in [2.45, 2.75) is 17.9 Å². The Hall–Kier alpha value is -0.510. The fourth-order valence-corrected chi connectivity index (χ4v) is 4.54. The van der Waals surface area contributed by atoms with Crippen LogP contribution in [0.3, 0.4) is 0 Å². The lowest BCUT2D eigenvalue weighted by molar-refractivity contribution is 0.0939. The second kappa shape index (κ2) is 7.17. The van der Waals surface area contributed by atoms with E-state index in [4.69, 9.17) is 10.7 Å². The van der Waals surface area contributed by atoms with Crippen molar-refractivity contribution in [3.8, 4) is 0 Å². The van der Waals surface area contributed by atoms with Crippen LogP contribution in [-0.2, 0) is 19.9 Å². The third-order valence-electron chi connectivity index (χ3n) is 2.39. The quantitative estimate of drug-likeness (QED) is 0.739. The molecule has 1 aromatic carbocycles. The normalized spacial score (nSPS) is 14.5. The number of carbonyl (C=O) groups is 1. The third kappa shape index (κ3) is 5.32. The first-order chi connectivity index (χ1) is 9.52. The molecule has 0 aliphatic carbocycles. The maximum absolute atomic E-state index is 13.8. The van der Waals surface area contributed by atoms with E-state index in [0.717, 1.165) is 12.1 Å². The minimum Gasteiger partial charge on any atom is -0.349 e. The fourth-order valence-electron chi connectivity index (χ4n) is 1.59. The lowest BCUT2D eigenvalue weighted by atomic mass is 10.2. The molecule has 0 spiro atoms. The van der Waals surface area contributed by atoms with Gasteiger partial charge in [-0.25, -0.2) is 12.8 Å². The van der Waals surface area contributed by atoms with Gasteiger partial charge in [-0.2, -0.15) is 0 Å². The standard InChI is InChI=1S/C11H12BrClFNO4S2/c1-6(5-20(2)17)15-11(16)7-3-10(21(13,18)19)8(12)4-9(7)14/h3-4,6H,5H2,1-2H3,(H,15,16). The van der Waals surface area contributed by atoms with E-state index in [9.17, 15) is 21.8 Å². The average molecular weight is 421 g/mol. The molecular weight excluding hydrogens is 409 g/mol. The van der Waals surface area contributed by atoms with E-state index in [-0.39, 0.29) is 10.2 Å². The van der Waals surface area contributed by atoms with E-state index in [2.05, 4.69) is 21.2 Å². The maximum atomic E-state index is 13.8. The molecule has 0 fully saturated rings. The molecule has 1 aromatic rings. The number of halogens is 3. The van der Waals surface area contributed by atoms with Crippen LogP contribution in [0, 0.1) is 5.82 Å². The Bertz CT molecular complexity index is 696. The minimum absolute atomic E-state index is 0.0748. The second-order valence-corrected chi connectivity index (χ2v) is 9.18. The summed E-state index contributed by atoms with van der Waals surface area (Å²) in [6, 6.07) is 1.25. The van der Waals surface area contributed by atoms with Crippen molar-refractivity contribution in [3.05, 3.63) is 28.0 Å². The highest BCUT2D eigenvalue weighted by molar-refractivity contribution is 9.10. The molecule has 0 saturated carbocycles. The molecule has 0 aliphatic heterocycles. The van der Waals surface area contributed by atoms with E-state index < -0.39 is 48.1 Å². The van der Waals surface area contributed by atoms with Crippen molar-refractivity contribution < 1.29 is 21.8 Å².